The van der Waals surface area contributed by atoms with Crippen LogP contribution in [-0.4, -0.2) is 77.2 Å². The SMILES string of the molecule is CC1CCC(NC(=O)C2(C)Cn3c(cc4sccc43)C(=O)N2CCCN2CCOCC2)CC1. The van der Waals surface area contributed by atoms with Crippen LogP contribution in [0.1, 0.15) is 56.4 Å². The number of hydrogen-bond donors (Lipinski definition) is 1. The number of hydrogen-bond acceptors (Lipinski definition) is 5. The summed E-state index contributed by atoms with van der Waals surface area (Å²) < 4.78 is 8.63. The molecule has 1 saturated carbocycles. The number of nitrogens with one attached hydrogen (secondary N) is 1. The van der Waals surface area contributed by atoms with E-state index in [9.17, 15) is 9.59 Å². The third-order valence-electron chi connectivity index (χ3n) is 7.85. The molecule has 3 aliphatic rings. The molecule has 180 valence electrons. The lowest BCUT2D eigenvalue weighted by Crippen LogP contribution is -2.65. The van der Waals surface area contributed by atoms with Crippen LogP contribution < -0.4 is 5.32 Å². The summed E-state index contributed by atoms with van der Waals surface area (Å²) >= 11 is 1.65. The van der Waals surface area contributed by atoms with Crippen molar-refractivity contribution in [3.8, 4) is 0 Å². The van der Waals surface area contributed by atoms with Crippen molar-refractivity contribution < 1.29 is 14.3 Å². The molecular weight excluding hydrogens is 436 g/mol. The molecule has 1 aliphatic carbocycles. The zero-order valence-corrected chi connectivity index (χ0v) is 20.7. The van der Waals surface area contributed by atoms with E-state index < -0.39 is 5.54 Å². The largest absolute Gasteiger partial charge is 0.379 e. The Morgan fingerprint density at radius 3 is 2.73 bits per heavy atom. The molecule has 0 bridgehead atoms. The van der Waals surface area contributed by atoms with E-state index in [0.717, 1.165) is 81.1 Å². The molecule has 2 aromatic rings. The first-order valence-corrected chi connectivity index (χ1v) is 13.3. The van der Waals surface area contributed by atoms with E-state index in [4.69, 9.17) is 4.74 Å². The summed E-state index contributed by atoms with van der Waals surface area (Å²) in [4.78, 5) is 31.7. The van der Waals surface area contributed by atoms with Crippen LogP contribution in [0.2, 0.25) is 0 Å². The van der Waals surface area contributed by atoms with Gasteiger partial charge < -0.3 is 19.5 Å². The lowest BCUT2D eigenvalue weighted by Gasteiger charge is -2.45. The van der Waals surface area contributed by atoms with Crippen LogP contribution in [0.25, 0.3) is 10.2 Å². The average molecular weight is 473 g/mol. The van der Waals surface area contributed by atoms with Crippen molar-refractivity contribution in [3.63, 3.8) is 0 Å². The second-order valence-electron chi connectivity index (χ2n) is 10.3. The number of fused-ring (bicyclic) bond motifs is 3. The summed E-state index contributed by atoms with van der Waals surface area (Å²) in [7, 11) is 0. The maximum Gasteiger partial charge on any atom is 0.271 e. The molecule has 2 fully saturated rings. The van der Waals surface area contributed by atoms with E-state index in [1.165, 1.54) is 0 Å². The summed E-state index contributed by atoms with van der Waals surface area (Å²) in [5.41, 5.74) is 0.869. The molecule has 1 atom stereocenters. The Morgan fingerprint density at radius 2 is 1.97 bits per heavy atom. The fourth-order valence-electron chi connectivity index (χ4n) is 5.65. The Kier molecular flexibility index (Phi) is 6.51. The Morgan fingerprint density at radius 1 is 1.21 bits per heavy atom. The van der Waals surface area contributed by atoms with E-state index in [0.29, 0.717) is 18.8 Å². The standard InChI is InChI=1S/C25H36N4O3S/c1-18-4-6-19(7-5-18)26-24(31)25(2)17-28-20-8-15-33-22(20)16-21(28)23(30)29(25)10-3-9-27-11-13-32-14-12-27/h8,15-16,18-19H,3-7,9-14,17H2,1-2H3,(H,26,31). The smallest absolute Gasteiger partial charge is 0.271 e. The molecule has 33 heavy (non-hydrogen) atoms. The molecule has 2 aliphatic heterocycles. The second kappa shape index (κ2) is 9.39. The average Bonchev–Trinajstić information content (AvgIpc) is 3.41. The molecule has 5 rings (SSSR count). The first kappa shape index (κ1) is 22.9. The number of rotatable bonds is 6. The van der Waals surface area contributed by atoms with E-state index in [1.54, 1.807) is 11.3 Å². The van der Waals surface area contributed by atoms with E-state index in [-0.39, 0.29) is 17.9 Å². The molecule has 1 unspecified atom stereocenters. The zero-order chi connectivity index (χ0) is 23.0. The second-order valence-corrected chi connectivity index (χ2v) is 11.2. The normalized spacial score (nSPS) is 28.8. The molecular formula is C25H36N4O3S. The van der Waals surface area contributed by atoms with Crippen LogP contribution >= 0.6 is 11.3 Å². The number of thiophene rings is 1. The molecule has 0 aromatic carbocycles. The van der Waals surface area contributed by atoms with Gasteiger partial charge in [0.1, 0.15) is 11.2 Å². The maximum atomic E-state index is 13.8. The van der Waals surface area contributed by atoms with Gasteiger partial charge in [0.05, 0.1) is 30.0 Å². The van der Waals surface area contributed by atoms with Crippen molar-refractivity contribution >= 4 is 33.4 Å². The Bertz CT molecular complexity index is 1000. The number of carbonyl (C=O) groups is 2. The predicted octanol–water partition coefficient (Wildman–Crippen LogP) is 3.33. The van der Waals surface area contributed by atoms with Gasteiger partial charge in [0, 0.05) is 32.2 Å². The van der Waals surface area contributed by atoms with Crippen LogP contribution in [0.4, 0.5) is 0 Å². The molecule has 0 radical (unpaired) electrons. The molecule has 2 amide bonds. The summed E-state index contributed by atoms with van der Waals surface area (Å²) in [5, 5.41) is 5.39. The molecule has 0 spiro atoms. The quantitative estimate of drug-likeness (QED) is 0.700. The van der Waals surface area contributed by atoms with E-state index >= 15 is 0 Å². The van der Waals surface area contributed by atoms with Gasteiger partial charge in [-0.05, 0) is 62.5 Å². The van der Waals surface area contributed by atoms with Gasteiger partial charge in [0.2, 0.25) is 5.91 Å². The fourth-order valence-corrected chi connectivity index (χ4v) is 6.47. The minimum atomic E-state index is -0.897. The first-order valence-electron chi connectivity index (χ1n) is 12.5. The van der Waals surface area contributed by atoms with Gasteiger partial charge in [-0.25, -0.2) is 0 Å². The van der Waals surface area contributed by atoms with Gasteiger partial charge in [-0.3, -0.25) is 14.5 Å². The minimum Gasteiger partial charge on any atom is -0.379 e. The summed E-state index contributed by atoms with van der Waals surface area (Å²) in [6, 6.07) is 4.27. The number of aromatic nitrogens is 1. The van der Waals surface area contributed by atoms with Gasteiger partial charge in [0.15, 0.2) is 0 Å². The Hall–Kier alpha value is -1.90. The molecule has 1 saturated heterocycles. The highest BCUT2D eigenvalue weighted by molar-refractivity contribution is 7.17. The van der Waals surface area contributed by atoms with Gasteiger partial charge in [-0.1, -0.05) is 6.92 Å². The minimum absolute atomic E-state index is 0.00972. The predicted molar refractivity (Wildman–Crippen MR) is 131 cm³/mol. The van der Waals surface area contributed by atoms with Crippen molar-refractivity contribution in [2.75, 3.05) is 39.4 Å². The molecule has 4 heterocycles. The molecule has 1 N–H and O–H groups in total. The van der Waals surface area contributed by atoms with Crippen molar-refractivity contribution in [2.24, 2.45) is 5.92 Å². The number of nitrogens with zero attached hydrogens (tertiary/aromatic N) is 3. The van der Waals surface area contributed by atoms with Crippen molar-refractivity contribution in [1.29, 1.82) is 0 Å². The lowest BCUT2D eigenvalue weighted by atomic mass is 9.86. The zero-order valence-electron chi connectivity index (χ0n) is 19.8. The third kappa shape index (κ3) is 4.45. The highest BCUT2D eigenvalue weighted by Crippen LogP contribution is 2.35. The van der Waals surface area contributed by atoms with Crippen LogP contribution in [-0.2, 0) is 16.1 Å². The topological polar surface area (TPSA) is 66.8 Å². The van der Waals surface area contributed by atoms with E-state index in [1.807, 2.05) is 17.9 Å². The van der Waals surface area contributed by atoms with Gasteiger partial charge in [-0.15, -0.1) is 11.3 Å². The highest BCUT2D eigenvalue weighted by atomic mass is 32.1. The number of carbonyl (C=O) groups excluding carboxylic acids is 2. The maximum absolute atomic E-state index is 13.8. The van der Waals surface area contributed by atoms with Crippen LogP contribution in [0.5, 0.6) is 0 Å². The van der Waals surface area contributed by atoms with Crippen LogP contribution in [0.3, 0.4) is 0 Å². The van der Waals surface area contributed by atoms with E-state index in [2.05, 4.69) is 33.2 Å². The fraction of sp³-hybridized carbons (Fsp3) is 0.680. The monoisotopic (exact) mass is 472 g/mol. The summed E-state index contributed by atoms with van der Waals surface area (Å²) in [6.45, 7) is 9.66. The molecule has 2 aromatic heterocycles. The first-order chi connectivity index (χ1) is 16.0. The van der Waals surface area contributed by atoms with Gasteiger partial charge >= 0.3 is 0 Å². The van der Waals surface area contributed by atoms with Gasteiger partial charge in [0.25, 0.3) is 5.91 Å². The van der Waals surface area contributed by atoms with Crippen LogP contribution in [0, 0.1) is 5.92 Å². The molecule has 8 heteroatoms. The van der Waals surface area contributed by atoms with Gasteiger partial charge in [-0.2, -0.15) is 0 Å². The van der Waals surface area contributed by atoms with Crippen molar-refractivity contribution in [1.82, 2.24) is 19.7 Å². The summed E-state index contributed by atoms with van der Waals surface area (Å²) in [5.74, 6) is 0.696. The number of amides is 2. The third-order valence-corrected chi connectivity index (χ3v) is 8.70. The summed E-state index contributed by atoms with van der Waals surface area (Å²) in [6.07, 6.45) is 5.21. The van der Waals surface area contributed by atoms with Crippen LogP contribution in [0.15, 0.2) is 17.5 Å². The lowest BCUT2D eigenvalue weighted by molar-refractivity contribution is -0.133. The van der Waals surface area contributed by atoms with Crippen molar-refractivity contribution in [2.45, 2.75) is 64.1 Å². The Balaban J connectivity index is 1.37. The highest BCUT2D eigenvalue weighted by Gasteiger charge is 2.48. The van der Waals surface area contributed by atoms with Crippen molar-refractivity contribution in [3.05, 3.63) is 23.2 Å². The molecule has 7 nitrogen and oxygen atoms in total. The number of morpholine rings is 1. The number of ether oxygens (including phenoxy) is 1. The Labute approximate surface area is 200 Å².